The van der Waals surface area contributed by atoms with Crippen molar-refractivity contribution >= 4 is 0 Å². The highest BCUT2D eigenvalue weighted by atomic mass is 19.4. The Morgan fingerprint density at radius 3 is 0.875 bits per heavy atom. The molecule has 0 unspecified atom stereocenters. The van der Waals surface area contributed by atoms with Crippen LogP contribution in [-0.2, 0) is 0 Å². The minimum atomic E-state index is -8.89. The lowest BCUT2D eigenvalue weighted by Crippen LogP contribution is -2.75. The van der Waals surface area contributed by atoms with Gasteiger partial charge in [0.1, 0.15) is 0 Å². The van der Waals surface area contributed by atoms with Crippen LogP contribution < -0.4 is 0 Å². The quantitative estimate of drug-likeness (QED) is 0.215. The van der Waals surface area contributed by atoms with Crippen LogP contribution in [-0.4, -0.2) is 53.6 Å². The average Bonchev–Trinajstić information content (AvgIpc) is 2.58. The molecule has 0 nitrogen and oxygen atoms in total. The number of rotatable bonds is 9. The highest BCUT2D eigenvalue weighted by Gasteiger charge is 2.96. The standard InChI is InChI=1S/C13H7F19/c1-3-4(2)5(14,15)6(16,17)7(18,19)8(20,21)9(22,23)10(24,25)11(26,27)12(28,29)13(30,31)32/h2-3H2,1H3. The Kier molecular flexibility index (Phi) is 7.09. The van der Waals surface area contributed by atoms with Crippen molar-refractivity contribution in [3.8, 4) is 0 Å². The van der Waals surface area contributed by atoms with Gasteiger partial charge in [-0.2, -0.15) is 83.4 Å². The van der Waals surface area contributed by atoms with Gasteiger partial charge >= 0.3 is 53.6 Å². The predicted octanol–water partition coefficient (Wildman–Crippen LogP) is 7.60. The first-order chi connectivity index (χ1) is 13.5. The molecule has 0 amide bonds. The van der Waals surface area contributed by atoms with Gasteiger partial charge < -0.3 is 0 Å². The van der Waals surface area contributed by atoms with Gasteiger partial charge in [0, 0.05) is 0 Å². The number of allylic oxidation sites excluding steroid dienone is 1. The fourth-order valence-electron chi connectivity index (χ4n) is 1.81. The van der Waals surface area contributed by atoms with Gasteiger partial charge in [0.05, 0.1) is 0 Å². The summed E-state index contributed by atoms with van der Waals surface area (Å²) in [6.45, 7) is 2.48. The Bertz CT molecular complexity index is 709. The van der Waals surface area contributed by atoms with E-state index in [-0.39, 0.29) is 0 Å². The molecule has 0 aromatic carbocycles. The van der Waals surface area contributed by atoms with Crippen molar-refractivity contribution in [1.82, 2.24) is 0 Å². The van der Waals surface area contributed by atoms with Crippen LogP contribution >= 0.6 is 0 Å². The van der Waals surface area contributed by atoms with E-state index in [9.17, 15) is 83.4 Å². The molecular formula is C13H7F19. The second kappa shape index (κ2) is 7.46. The number of hydrogen-bond donors (Lipinski definition) is 0. The predicted molar refractivity (Wildman–Crippen MR) is 65.1 cm³/mol. The summed E-state index contributed by atoms with van der Waals surface area (Å²) in [6.07, 6.45) is -9.34. The topological polar surface area (TPSA) is 0 Å². The third-order valence-electron chi connectivity index (χ3n) is 3.99. The molecule has 0 N–H and O–H groups in total. The Morgan fingerprint density at radius 1 is 0.438 bits per heavy atom. The van der Waals surface area contributed by atoms with E-state index in [0.717, 1.165) is 0 Å². The largest absolute Gasteiger partial charge is 0.460 e. The van der Waals surface area contributed by atoms with Gasteiger partial charge in [-0.05, 0) is 12.0 Å². The molecule has 0 radical (unpaired) electrons. The summed E-state index contributed by atoms with van der Waals surface area (Å²) >= 11 is 0. The van der Waals surface area contributed by atoms with Crippen LogP contribution in [0.4, 0.5) is 83.4 Å². The molecule has 0 atom stereocenters. The minimum Gasteiger partial charge on any atom is -0.194 e. The van der Waals surface area contributed by atoms with Gasteiger partial charge in [0.2, 0.25) is 0 Å². The van der Waals surface area contributed by atoms with E-state index >= 15 is 0 Å². The molecule has 0 aromatic rings. The first kappa shape index (κ1) is 30.4. The van der Waals surface area contributed by atoms with Crippen LogP contribution in [0.1, 0.15) is 13.3 Å². The Balaban J connectivity index is 6.96. The highest BCUT2D eigenvalue weighted by molar-refractivity contribution is 5.22. The molecule has 0 saturated carbocycles. The van der Waals surface area contributed by atoms with E-state index in [1.165, 1.54) is 0 Å². The number of hydrogen-bond acceptors (Lipinski definition) is 0. The molecule has 0 aliphatic rings. The highest BCUT2D eigenvalue weighted by Crippen LogP contribution is 2.65. The summed E-state index contributed by atoms with van der Waals surface area (Å²) in [7, 11) is 0. The third-order valence-corrected chi connectivity index (χ3v) is 3.99. The lowest BCUT2D eigenvalue weighted by Gasteiger charge is -2.44. The number of halogens is 19. The fourth-order valence-corrected chi connectivity index (χ4v) is 1.81. The Labute approximate surface area is 164 Å². The van der Waals surface area contributed by atoms with Crippen LogP contribution in [0.3, 0.4) is 0 Å². The van der Waals surface area contributed by atoms with Crippen LogP contribution in [0, 0.1) is 0 Å². The molecule has 19 heteroatoms. The average molecular weight is 524 g/mol. The van der Waals surface area contributed by atoms with Crippen LogP contribution in [0.25, 0.3) is 0 Å². The summed E-state index contributed by atoms with van der Waals surface area (Å²) in [5.74, 6) is -66.4. The van der Waals surface area contributed by atoms with Gasteiger partial charge in [-0.25, -0.2) is 0 Å². The van der Waals surface area contributed by atoms with E-state index in [1.807, 2.05) is 6.58 Å². The molecule has 0 spiro atoms. The number of alkyl halides is 19. The monoisotopic (exact) mass is 524 g/mol. The summed E-state index contributed by atoms with van der Waals surface area (Å²) in [5, 5.41) is 0. The SMILES string of the molecule is C=C(CC)C(F)(F)C(F)(F)C(F)(F)C(F)(F)C(F)(F)C(F)(F)C(F)(F)C(F)(F)C(F)(F)F. The normalized spacial score (nSPS) is 16.4. The van der Waals surface area contributed by atoms with Crippen LogP contribution in [0.5, 0.6) is 0 Å². The second-order valence-corrected chi connectivity index (χ2v) is 6.05. The summed E-state index contributed by atoms with van der Waals surface area (Å²) in [5.41, 5.74) is -2.39. The van der Waals surface area contributed by atoms with Crippen molar-refractivity contribution in [2.24, 2.45) is 0 Å². The van der Waals surface area contributed by atoms with E-state index in [2.05, 4.69) is 0 Å². The summed E-state index contributed by atoms with van der Waals surface area (Å²) in [6, 6.07) is 0. The maximum atomic E-state index is 13.4. The maximum absolute atomic E-state index is 13.4. The van der Waals surface area contributed by atoms with Gasteiger partial charge in [-0.15, -0.1) is 0 Å². The first-order valence-corrected chi connectivity index (χ1v) is 7.25. The molecule has 0 saturated heterocycles. The molecule has 0 heterocycles. The third kappa shape index (κ3) is 3.47. The lowest BCUT2D eigenvalue weighted by atomic mass is 9.86. The molecule has 0 aromatic heterocycles. The van der Waals surface area contributed by atoms with Gasteiger partial charge in [0.15, 0.2) is 0 Å². The van der Waals surface area contributed by atoms with E-state index in [0.29, 0.717) is 6.92 Å². The van der Waals surface area contributed by atoms with Gasteiger partial charge in [-0.3, -0.25) is 0 Å². The smallest absolute Gasteiger partial charge is 0.194 e. The fraction of sp³-hybridized carbons (Fsp3) is 0.846. The van der Waals surface area contributed by atoms with Crippen LogP contribution in [0.15, 0.2) is 12.2 Å². The Hall–Kier alpha value is -1.59. The van der Waals surface area contributed by atoms with Crippen molar-refractivity contribution < 1.29 is 83.4 Å². The van der Waals surface area contributed by atoms with Crippen molar-refractivity contribution in [3.63, 3.8) is 0 Å². The summed E-state index contributed by atoms with van der Waals surface area (Å²) < 4.78 is 247. The van der Waals surface area contributed by atoms with Crippen molar-refractivity contribution in [1.29, 1.82) is 0 Å². The zero-order chi connectivity index (χ0) is 26.8. The molecule has 32 heavy (non-hydrogen) atoms. The minimum absolute atomic E-state index is 0.450. The molecule has 0 fully saturated rings. The van der Waals surface area contributed by atoms with Crippen molar-refractivity contribution in [3.05, 3.63) is 12.2 Å². The molecule has 0 aliphatic carbocycles. The molecule has 0 aliphatic heterocycles. The van der Waals surface area contributed by atoms with E-state index < -0.39 is 65.6 Å². The first-order valence-electron chi connectivity index (χ1n) is 7.25. The van der Waals surface area contributed by atoms with Gasteiger partial charge in [0.25, 0.3) is 0 Å². The van der Waals surface area contributed by atoms with E-state index in [4.69, 9.17) is 0 Å². The maximum Gasteiger partial charge on any atom is 0.460 e. The zero-order valence-corrected chi connectivity index (χ0v) is 14.6. The Morgan fingerprint density at radius 2 is 0.656 bits per heavy atom. The molecule has 0 bridgehead atoms. The second-order valence-electron chi connectivity index (χ2n) is 6.05. The van der Waals surface area contributed by atoms with E-state index in [1.54, 1.807) is 0 Å². The van der Waals surface area contributed by atoms with Crippen LogP contribution in [0.2, 0.25) is 0 Å². The van der Waals surface area contributed by atoms with Gasteiger partial charge in [-0.1, -0.05) is 13.5 Å². The van der Waals surface area contributed by atoms with Crippen molar-refractivity contribution in [2.45, 2.75) is 66.9 Å². The van der Waals surface area contributed by atoms with Crippen molar-refractivity contribution in [2.75, 3.05) is 0 Å². The lowest BCUT2D eigenvalue weighted by molar-refractivity contribution is -0.467. The summed E-state index contributed by atoms with van der Waals surface area (Å²) in [4.78, 5) is 0. The molecule has 0 rings (SSSR count). The molecule has 192 valence electrons. The zero-order valence-electron chi connectivity index (χ0n) is 14.6. The molecular weight excluding hydrogens is 517 g/mol.